The highest BCUT2D eigenvalue weighted by atomic mass is 19.4. The lowest BCUT2D eigenvalue weighted by atomic mass is 9.64. The molecule has 0 amide bonds. The smallest absolute Gasteiger partial charge is 0.416 e. The van der Waals surface area contributed by atoms with Crippen LogP contribution in [-0.2, 0) is 18.1 Å². The molecule has 0 bridgehead atoms. The topological polar surface area (TPSA) is 62.5 Å². The van der Waals surface area contributed by atoms with Crippen molar-refractivity contribution in [3.8, 4) is 0 Å². The minimum atomic E-state index is -4.34. The number of nitrogens with one attached hydrogen (secondary N) is 2. The fraction of sp³-hybridized carbons (Fsp3) is 0.524. The highest BCUT2D eigenvalue weighted by Crippen LogP contribution is 2.44. The van der Waals surface area contributed by atoms with Crippen LogP contribution in [0.5, 0.6) is 0 Å². The van der Waals surface area contributed by atoms with Gasteiger partial charge in [-0.3, -0.25) is 0 Å². The van der Waals surface area contributed by atoms with Gasteiger partial charge in [-0.25, -0.2) is 9.98 Å². The van der Waals surface area contributed by atoms with Crippen LogP contribution in [0.2, 0.25) is 0 Å². The quantitative estimate of drug-likeness (QED) is 0.546. The number of aliphatic imine (C=N–C) groups is 1. The third kappa shape index (κ3) is 4.92. The minimum Gasteiger partial charge on any atom is -0.444 e. The fourth-order valence-electron chi connectivity index (χ4n) is 3.54. The maximum Gasteiger partial charge on any atom is 0.416 e. The van der Waals surface area contributed by atoms with Gasteiger partial charge in [0.1, 0.15) is 12.3 Å². The molecule has 3 rings (SSSR count). The van der Waals surface area contributed by atoms with Crippen LogP contribution in [0.15, 0.2) is 33.7 Å². The zero-order chi connectivity index (χ0) is 21.1. The lowest BCUT2D eigenvalue weighted by Crippen LogP contribution is -2.49. The fourth-order valence-corrected chi connectivity index (χ4v) is 3.54. The van der Waals surface area contributed by atoms with Gasteiger partial charge in [-0.1, -0.05) is 24.6 Å². The summed E-state index contributed by atoms with van der Waals surface area (Å²) in [6.07, 6.45) is -1.64. The van der Waals surface area contributed by atoms with Gasteiger partial charge in [0.15, 0.2) is 5.96 Å². The van der Waals surface area contributed by atoms with Crippen molar-refractivity contribution in [2.75, 3.05) is 13.1 Å². The molecule has 8 heteroatoms. The predicted octanol–water partition coefficient (Wildman–Crippen LogP) is 4.49. The molecule has 1 aromatic heterocycles. The number of hydrogen-bond acceptors (Lipinski definition) is 3. The summed E-state index contributed by atoms with van der Waals surface area (Å²) in [4.78, 5) is 8.83. The van der Waals surface area contributed by atoms with Crippen molar-refractivity contribution in [3.63, 3.8) is 0 Å². The second kappa shape index (κ2) is 8.47. The first-order valence-corrected chi connectivity index (χ1v) is 9.86. The summed E-state index contributed by atoms with van der Waals surface area (Å²) in [6.45, 7) is 7.18. The van der Waals surface area contributed by atoms with Gasteiger partial charge >= 0.3 is 6.18 Å². The van der Waals surface area contributed by atoms with Gasteiger partial charge in [0.25, 0.3) is 0 Å². The summed E-state index contributed by atoms with van der Waals surface area (Å²) in [7, 11) is 0. The number of aromatic nitrogens is 1. The Morgan fingerprint density at radius 1 is 1.24 bits per heavy atom. The number of rotatable bonds is 6. The molecule has 1 aromatic carbocycles. The Morgan fingerprint density at radius 2 is 2.00 bits per heavy atom. The van der Waals surface area contributed by atoms with E-state index in [9.17, 15) is 13.2 Å². The van der Waals surface area contributed by atoms with E-state index >= 15 is 0 Å². The van der Waals surface area contributed by atoms with Crippen LogP contribution in [0.25, 0.3) is 0 Å². The van der Waals surface area contributed by atoms with Gasteiger partial charge in [0.05, 0.1) is 11.3 Å². The molecular weight excluding hydrogens is 381 g/mol. The van der Waals surface area contributed by atoms with Crippen molar-refractivity contribution >= 4 is 5.96 Å². The first-order chi connectivity index (χ1) is 13.7. The van der Waals surface area contributed by atoms with Gasteiger partial charge in [-0.05, 0) is 45.2 Å². The predicted molar refractivity (Wildman–Crippen MR) is 106 cm³/mol. The molecule has 0 aliphatic heterocycles. The Labute approximate surface area is 168 Å². The first kappa shape index (κ1) is 21.2. The highest BCUT2D eigenvalue weighted by molar-refractivity contribution is 5.79. The van der Waals surface area contributed by atoms with Gasteiger partial charge in [-0.2, -0.15) is 13.2 Å². The summed E-state index contributed by atoms with van der Waals surface area (Å²) in [5.74, 6) is 1.90. The van der Waals surface area contributed by atoms with Crippen molar-refractivity contribution in [1.82, 2.24) is 15.6 Å². The molecule has 0 spiro atoms. The number of halogens is 3. The number of hydrogen-bond donors (Lipinski definition) is 2. The molecule has 158 valence electrons. The largest absolute Gasteiger partial charge is 0.444 e. The maximum absolute atomic E-state index is 13.1. The van der Waals surface area contributed by atoms with E-state index in [1.165, 1.54) is 12.1 Å². The Bertz CT molecular complexity index is 850. The maximum atomic E-state index is 13.1. The number of alkyl halides is 3. The summed E-state index contributed by atoms with van der Waals surface area (Å²) in [5, 5.41) is 6.47. The van der Waals surface area contributed by atoms with Crippen LogP contribution in [0.3, 0.4) is 0 Å². The zero-order valence-corrected chi connectivity index (χ0v) is 17.0. The number of guanidine groups is 1. The van der Waals surface area contributed by atoms with E-state index in [0.29, 0.717) is 31.5 Å². The van der Waals surface area contributed by atoms with Gasteiger partial charge in [0, 0.05) is 18.5 Å². The van der Waals surface area contributed by atoms with Crippen LogP contribution in [0.4, 0.5) is 13.2 Å². The molecule has 0 unspecified atom stereocenters. The first-order valence-electron chi connectivity index (χ1n) is 9.86. The Kier molecular flexibility index (Phi) is 6.19. The highest BCUT2D eigenvalue weighted by Gasteiger charge is 2.40. The van der Waals surface area contributed by atoms with E-state index in [1.54, 1.807) is 6.07 Å². The summed E-state index contributed by atoms with van der Waals surface area (Å²) < 4.78 is 44.9. The third-order valence-electron chi connectivity index (χ3n) is 5.50. The van der Waals surface area contributed by atoms with Gasteiger partial charge < -0.3 is 15.1 Å². The molecule has 1 aliphatic carbocycles. The number of benzene rings is 1. The molecule has 5 nitrogen and oxygen atoms in total. The zero-order valence-electron chi connectivity index (χ0n) is 17.0. The van der Waals surface area contributed by atoms with Crippen LogP contribution in [0, 0.1) is 13.8 Å². The third-order valence-corrected chi connectivity index (χ3v) is 5.50. The summed E-state index contributed by atoms with van der Waals surface area (Å²) >= 11 is 0. The molecule has 1 heterocycles. The molecule has 0 atom stereocenters. The molecule has 0 radical (unpaired) electrons. The van der Waals surface area contributed by atoms with Crippen LogP contribution < -0.4 is 10.6 Å². The average Bonchev–Trinajstić information content (AvgIpc) is 2.96. The van der Waals surface area contributed by atoms with E-state index in [2.05, 4.69) is 20.6 Å². The standard InChI is InChI=1S/C21H27F3N4O/c1-4-25-19(26-12-18-28-14(2)15(3)29-18)27-13-20(9-6-10-20)16-7-5-8-17(11-16)21(22,23)24/h5,7-8,11H,4,6,9-10,12-13H2,1-3H3,(H2,25,26,27). The molecule has 2 aromatic rings. The van der Waals surface area contributed by atoms with Crippen LogP contribution >= 0.6 is 0 Å². The van der Waals surface area contributed by atoms with Gasteiger partial charge in [-0.15, -0.1) is 0 Å². The SMILES string of the molecule is CCNC(=NCc1nc(C)c(C)o1)NCC1(c2cccc(C(F)(F)F)c2)CCC1. The van der Waals surface area contributed by atoms with E-state index in [4.69, 9.17) is 4.42 Å². The second-order valence-corrected chi connectivity index (χ2v) is 7.51. The normalized spacial score (nSPS) is 16.4. The summed E-state index contributed by atoms with van der Waals surface area (Å²) in [5.41, 5.74) is 0.650. The number of oxazole rings is 1. The van der Waals surface area contributed by atoms with Crippen LogP contribution in [0.1, 0.15) is 54.7 Å². The molecular formula is C21H27F3N4O. The summed E-state index contributed by atoms with van der Waals surface area (Å²) in [6, 6.07) is 5.68. The monoisotopic (exact) mass is 408 g/mol. The van der Waals surface area contributed by atoms with Crippen molar-refractivity contribution in [1.29, 1.82) is 0 Å². The lowest BCUT2D eigenvalue weighted by molar-refractivity contribution is -0.137. The van der Waals surface area contributed by atoms with Crippen molar-refractivity contribution in [3.05, 3.63) is 52.7 Å². The molecule has 1 aliphatic rings. The van der Waals surface area contributed by atoms with Crippen molar-refractivity contribution in [2.24, 2.45) is 4.99 Å². The molecule has 29 heavy (non-hydrogen) atoms. The van der Waals surface area contributed by atoms with E-state index in [1.807, 2.05) is 20.8 Å². The van der Waals surface area contributed by atoms with E-state index < -0.39 is 11.7 Å². The second-order valence-electron chi connectivity index (χ2n) is 7.51. The molecule has 0 saturated heterocycles. The van der Waals surface area contributed by atoms with Gasteiger partial charge in [0.2, 0.25) is 5.89 Å². The van der Waals surface area contributed by atoms with E-state index in [-0.39, 0.29) is 5.41 Å². The lowest BCUT2D eigenvalue weighted by Gasteiger charge is -2.43. The molecule has 2 N–H and O–H groups in total. The van der Waals surface area contributed by atoms with Crippen LogP contribution in [-0.4, -0.2) is 24.0 Å². The van der Waals surface area contributed by atoms with E-state index in [0.717, 1.165) is 42.3 Å². The van der Waals surface area contributed by atoms with Crippen molar-refractivity contribution < 1.29 is 17.6 Å². The van der Waals surface area contributed by atoms with Crippen molar-refractivity contribution in [2.45, 2.75) is 58.2 Å². The molecule has 1 saturated carbocycles. The molecule has 1 fully saturated rings. The Morgan fingerprint density at radius 3 is 2.55 bits per heavy atom. The number of aryl methyl sites for hydroxylation is 2. The average molecular weight is 408 g/mol. The Balaban J connectivity index is 1.72. The minimum absolute atomic E-state index is 0.292. The Hall–Kier alpha value is -2.51. The number of nitrogens with zero attached hydrogens (tertiary/aromatic N) is 2.